The molecule has 19 heavy (non-hydrogen) atoms. The minimum atomic E-state index is -0.0584. The maximum Gasteiger partial charge on any atom is 0.221 e. The monoisotopic (exact) mass is 258 g/mol. The van der Waals surface area contributed by atoms with E-state index < -0.39 is 0 Å². The van der Waals surface area contributed by atoms with Gasteiger partial charge in [-0.1, -0.05) is 0 Å². The molecule has 0 bridgehead atoms. The number of aromatic nitrogens is 2. The highest BCUT2D eigenvalue weighted by atomic mass is 16.1. The van der Waals surface area contributed by atoms with Gasteiger partial charge in [-0.3, -0.25) is 9.48 Å². The first-order chi connectivity index (χ1) is 9.15. The first-order valence-electron chi connectivity index (χ1n) is 6.23. The van der Waals surface area contributed by atoms with E-state index in [1.54, 1.807) is 6.20 Å². The van der Waals surface area contributed by atoms with Crippen LogP contribution in [0.4, 0.5) is 11.4 Å². The van der Waals surface area contributed by atoms with Crippen molar-refractivity contribution in [1.29, 1.82) is 0 Å². The molecule has 5 nitrogen and oxygen atoms in total. The summed E-state index contributed by atoms with van der Waals surface area (Å²) >= 11 is 0. The predicted molar refractivity (Wildman–Crippen MR) is 76.1 cm³/mol. The van der Waals surface area contributed by atoms with Gasteiger partial charge in [-0.25, -0.2) is 0 Å². The molecule has 2 rings (SSSR count). The Hall–Kier alpha value is -2.30. The molecule has 5 heteroatoms. The summed E-state index contributed by atoms with van der Waals surface area (Å²) in [6.07, 6.45) is 2.72. The average molecular weight is 258 g/mol. The summed E-state index contributed by atoms with van der Waals surface area (Å²) in [4.78, 5) is 10.9. The van der Waals surface area contributed by atoms with Crippen molar-refractivity contribution in [3.8, 4) is 0 Å². The lowest BCUT2D eigenvalue weighted by molar-refractivity contribution is -0.114. The van der Waals surface area contributed by atoms with Crippen molar-refractivity contribution in [3.63, 3.8) is 0 Å². The standard InChI is InChI=1S/C14H18N4O/c1-11(19)17-13-5-3-12(4-6-13)15-9-7-14-8-10-16-18(14)2/h3-6,8,10,15H,7,9H2,1-2H3,(H,17,19). The number of amides is 1. The number of rotatable bonds is 5. The summed E-state index contributed by atoms with van der Waals surface area (Å²) in [6.45, 7) is 2.35. The lowest BCUT2D eigenvalue weighted by atomic mass is 10.2. The Kier molecular flexibility index (Phi) is 4.18. The Morgan fingerprint density at radius 2 is 1.89 bits per heavy atom. The average Bonchev–Trinajstić information content (AvgIpc) is 2.77. The van der Waals surface area contributed by atoms with Crippen molar-refractivity contribution in [2.75, 3.05) is 17.2 Å². The predicted octanol–water partition coefficient (Wildman–Crippen LogP) is 2.03. The van der Waals surface area contributed by atoms with Crippen LogP contribution in [0, 0.1) is 0 Å². The SMILES string of the molecule is CC(=O)Nc1ccc(NCCc2ccnn2C)cc1. The van der Waals surface area contributed by atoms with Gasteiger partial charge in [0.1, 0.15) is 0 Å². The minimum absolute atomic E-state index is 0.0584. The number of carbonyl (C=O) groups is 1. The molecule has 0 fully saturated rings. The zero-order valence-electron chi connectivity index (χ0n) is 11.2. The third kappa shape index (κ3) is 3.84. The molecule has 0 aliphatic rings. The van der Waals surface area contributed by atoms with Gasteiger partial charge in [0.05, 0.1) is 0 Å². The quantitative estimate of drug-likeness (QED) is 0.862. The van der Waals surface area contributed by atoms with Crippen LogP contribution >= 0.6 is 0 Å². The lowest BCUT2D eigenvalue weighted by Gasteiger charge is -2.08. The highest BCUT2D eigenvalue weighted by molar-refractivity contribution is 5.88. The molecule has 1 aromatic carbocycles. The molecule has 2 aromatic rings. The highest BCUT2D eigenvalue weighted by Crippen LogP contribution is 2.13. The van der Waals surface area contributed by atoms with Gasteiger partial charge in [0.15, 0.2) is 0 Å². The van der Waals surface area contributed by atoms with Gasteiger partial charge in [-0.05, 0) is 30.3 Å². The van der Waals surface area contributed by atoms with Crippen LogP contribution in [-0.4, -0.2) is 22.2 Å². The number of hydrogen-bond acceptors (Lipinski definition) is 3. The van der Waals surface area contributed by atoms with E-state index in [2.05, 4.69) is 15.7 Å². The molecule has 0 atom stereocenters. The molecule has 0 radical (unpaired) electrons. The van der Waals surface area contributed by atoms with Crippen molar-refractivity contribution in [3.05, 3.63) is 42.2 Å². The Morgan fingerprint density at radius 1 is 1.21 bits per heavy atom. The molecule has 1 amide bonds. The van der Waals surface area contributed by atoms with E-state index >= 15 is 0 Å². The van der Waals surface area contributed by atoms with Crippen LogP contribution < -0.4 is 10.6 Å². The number of carbonyl (C=O) groups excluding carboxylic acids is 1. The molecule has 0 spiro atoms. The maximum absolute atomic E-state index is 10.9. The van der Waals surface area contributed by atoms with Crippen LogP contribution in [0.3, 0.4) is 0 Å². The molecule has 0 saturated heterocycles. The summed E-state index contributed by atoms with van der Waals surface area (Å²) < 4.78 is 1.88. The number of hydrogen-bond donors (Lipinski definition) is 2. The van der Waals surface area contributed by atoms with E-state index in [-0.39, 0.29) is 5.91 Å². The van der Waals surface area contributed by atoms with Gasteiger partial charge in [0.25, 0.3) is 0 Å². The fourth-order valence-corrected chi connectivity index (χ4v) is 1.86. The molecule has 2 N–H and O–H groups in total. The van der Waals surface area contributed by atoms with E-state index in [4.69, 9.17) is 0 Å². The Labute approximate surface area is 112 Å². The Morgan fingerprint density at radius 3 is 2.47 bits per heavy atom. The third-order valence-electron chi connectivity index (χ3n) is 2.84. The molecule has 100 valence electrons. The normalized spacial score (nSPS) is 10.2. The van der Waals surface area contributed by atoms with Gasteiger partial charge < -0.3 is 10.6 Å². The van der Waals surface area contributed by atoms with Crippen LogP contribution in [-0.2, 0) is 18.3 Å². The van der Waals surface area contributed by atoms with Crippen molar-refractivity contribution in [2.24, 2.45) is 7.05 Å². The van der Waals surface area contributed by atoms with Crippen LogP contribution in [0.15, 0.2) is 36.5 Å². The van der Waals surface area contributed by atoms with Crippen LogP contribution in [0.2, 0.25) is 0 Å². The zero-order valence-corrected chi connectivity index (χ0v) is 11.2. The van der Waals surface area contributed by atoms with Crippen LogP contribution in [0.5, 0.6) is 0 Å². The smallest absolute Gasteiger partial charge is 0.221 e. The lowest BCUT2D eigenvalue weighted by Crippen LogP contribution is -2.09. The maximum atomic E-state index is 10.9. The fourth-order valence-electron chi connectivity index (χ4n) is 1.86. The van der Waals surface area contributed by atoms with Crippen LogP contribution in [0.1, 0.15) is 12.6 Å². The van der Waals surface area contributed by atoms with E-state index in [1.165, 1.54) is 12.6 Å². The summed E-state index contributed by atoms with van der Waals surface area (Å²) in [5, 5.41) is 10.2. The number of anilines is 2. The first-order valence-corrected chi connectivity index (χ1v) is 6.23. The summed E-state index contributed by atoms with van der Waals surface area (Å²) in [5.41, 5.74) is 3.04. The molecule has 1 aromatic heterocycles. The van der Waals surface area contributed by atoms with Crippen LogP contribution in [0.25, 0.3) is 0 Å². The molecule has 0 unspecified atom stereocenters. The molecular formula is C14H18N4O. The molecule has 0 saturated carbocycles. The second-order valence-electron chi connectivity index (χ2n) is 4.38. The Bertz CT molecular complexity index is 545. The Balaban J connectivity index is 1.83. The largest absolute Gasteiger partial charge is 0.385 e. The summed E-state index contributed by atoms with van der Waals surface area (Å²) in [7, 11) is 1.94. The van der Waals surface area contributed by atoms with Crippen molar-refractivity contribution >= 4 is 17.3 Å². The number of nitrogens with zero attached hydrogens (tertiary/aromatic N) is 2. The van der Waals surface area contributed by atoms with Gasteiger partial charge in [-0.15, -0.1) is 0 Å². The molecule has 1 heterocycles. The molecule has 0 aliphatic carbocycles. The minimum Gasteiger partial charge on any atom is -0.385 e. The highest BCUT2D eigenvalue weighted by Gasteiger charge is 1.99. The van der Waals surface area contributed by atoms with Crippen molar-refractivity contribution in [1.82, 2.24) is 9.78 Å². The van der Waals surface area contributed by atoms with E-state index in [1.807, 2.05) is 42.1 Å². The van der Waals surface area contributed by atoms with Gasteiger partial charge >= 0.3 is 0 Å². The van der Waals surface area contributed by atoms with E-state index in [0.717, 1.165) is 24.3 Å². The topological polar surface area (TPSA) is 59.0 Å². The van der Waals surface area contributed by atoms with Crippen molar-refractivity contribution in [2.45, 2.75) is 13.3 Å². The summed E-state index contributed by atoms with van der Waals surface area (Å²) in [5.74, 6) is -0.0584. The first kappa shape index (κ1) is 13.1. The summed E-state index contributed by atoms with van der Waals surface area (Å²) in [6, 6.07) is 9.69. The second-order valence-corrected chi connectivity index (χ2v) is 4.38. The van der Waals surface area contributed by atoms with Gasteiger partial charge in [-0.2, -0.15) is 5.10 Å². The van der Waals surface area contributed by atoms with Gasteiger partial charge in [0.2, 0.25) is 5.91 Å². The number of benzene rings is 1. The van der Waals surface area contributed by atoms with Crippen molar-refractivity contribution < 1.29 is 4.79 Å². The third-order valence-corrected chi connectivity index (χ3v) is 2.84. The van der Waals surface area contributed by atoms with E-state index in [9.17, 15) is 4.79 Å². The van der Waals surface area contributed by atoms with Gasteiger partial charge in [0, 0.05) is 50.2 Å². The second kappa shape index (κ2) is 6.04. The fraction of sp³-hybridized carbons (Fsp3) is 0.286. The zero-order chi connectivity index (χ0) is 13.7. The molecule has 0 aliphatic heterocycles. The number of aryl methyl sites for hydroxylation is 1. The molecular weight excluding hydrogens is 240 g/mol. The number of nitrogens with one attached hydrogen (secondary N) is 2. The van der Waals surface area contributed by atoms with E-state index in [0.29, 0.717) is 0 Å².